The first-order valence-corrected chi connectivity index (χ1v) is 7.39. The van der Waals surface area contributed by atoms with Crippen LogP contribution in [0.1, 0.15) is 12.0 Å². The SMILES string of the molecule is C#CCC(NS(=O)(=O)/C=C/c1ccc(Cl)cc1)C(=O)O. The monoisotopic (exact) mass is 313 g/mol. The Morgan fingerprint density at radius 1 is 1.45 bits per heavy atom. The van der Waals surface area contributed by atoms with Gasteiger partial charge in [0.15, 0.2) is 0 Å². The quantitative estimate of drug-likeness (QED) is 0.783. The predicted molar refractivity (Wildman–Crippen MR) is 77.4 cm³/mol. The molecule has 0 aliphatic carbocycles. The van der Waals surface area contributed by atoms with Crippen molar-refractivity contribution >= 4 is 33.7 Å². The summed E-state index contributed by atoms with van der Waals surface area (Å²) in [6.07, 6.45) is 6.08. The summed E-state index contributed by atoms with van der Waals surface area (Å²) in [5.74, 6) is 0.778. The molecule has 0 heterocycles. The van der Waals surface area contributed by atoms with Gasteiger partial charge in [0.25, 0.3) is 0 Å². The molecule has 0 bridgehead atoms. The fourth-order valence-corrected chi connectivity index (χ4v) is 2.40. The van der Waals surface area contributed by atoms with Crippen molar-refractivity contribution in [3.8, 4) is 12.3 Å². The molecule has 1 unspecified atom stereocenters. The van der Waals surface area contributed by atoms with Crippen molar-refractivity contribution in [1.29, 1.82) is 0 Å². The maximum absolute atomic E-state index is 11.7. The Morgan fingerprint density at radius 2 is 2.05 bits per heavy atom. The van der Waals surface area contributed by atoms with Gasteiger partial charge in [-0.3, -0.25) is 4.79 Å². The summed E-state index contributed by atoms with van der Waals surface area (Å²) in [6.45, 7) is 0. The number of nitrogens with one attached hydrogen (secondary N) is 1. The molecule has 1 aromatic rings. The number of terminal acetylenes is 1. The fraction of sp³-hybridized carbons (Fsp3) is 0.154. The number of rotatable bonds is 6. The van der Waals surface area contributed by atoms with E-state index in [1.165, 1.54) is 6.08 Å². The van der Waals surface area contributed by atoms with E-state index in [1.54, 1.807) is 24.3 Å². The normalized spacial score (nSPS) is 13.0. The van der Waals surface area contributed by atoms with Crippen molar-refractivity contribution in [1.82, 2.24) is 4.72 Å². The molecule has 106 valence electrons. The Kier molecular flexibility index (Phi) is 5.77. The number of halogens is 1. The highest BCUT2D eigenvalue weighted by Gasteiger charge is 2.21. The molecule has 1 aromatic carbocycles. The highest BCUT2D eigenvalue weighted by molar-refractivity contribution is 7.92. The van der Waals surface area contributed by atoms with Gasteiger partial charge in [-0.15, -0.1) is 12.3 Å². The molecule has 0 aromatic heterocycles. The average Bonchev–Trinajstić information content (AvgIpc) is 2.37. The van der Waals surface area contributed by atoms with E-state index in [4.69, 9.17) is 23.1 Å². The standard InChI is InChI=1S/C13H12ClNO4S/c1-2-3-12(13(16)17)15-20(18,19)9-8-10-4-6-11(14)7-5-10/h1,4-9,12,15H,3H2,(H,16,17)/b9-8+. The van der Waals surface area contributed by atoms with E-state index >= 15 is 0 Å². The van der Waals surface area contributed by atoms with Gasteiger partial charge in [-0.25, -0.2) is 8.42 Å². The first-order chi connectivity index (χ1) is 9.34. The predicted octanol–water partition coefficient (Wildman–Crippen LogP) is 1.71. The molecule has 0 radical (unpaired) electrons. The largest absolute Gasteiger partial charge is 0.480 e. The number of benzene rings is 1. The van der Waals surface area contributed by atoms with Crippen LogP contribution in [0.2, 0.25) is 5.02 Å². The van der Waals surface area contributed by atoms with E-state index in [2.05, 4.69) is 5.92 Å². The molecular formula is C13H12ClNO4S. The summed E-state index contributed by atoms with van der Waals surface area (Å²) in [7, 11) is -3.90. The zero-order chi connectivity index (χ0) is 15.2. The lowest BCUT2D eigenvalue weighted by molar-refractivity contribution is -0.138. The second-order valence-corrected chi connectivity index (χ2v) is 5.85. The Balaban J connectivity index is 2.81. The first kappa shape index (κ1) is 16.2. The van der Waals surface area contributed by atoms with Gasteiger partial charge in [0.05, 0.1) is 0 Å². The second kappa shape index (κ2) is 7.10. The Hall–Kier alpha value is -1.81. The first-order valence-electron chi connectivity index (χ1n) is 5.46. The lowest BCUT2D eigenvalue weighted by Gasteiger charge is -2.09. The van der Waals surface area contributed by atoms with Crippen LogP contribution in [0.3, 0.4) is 0 Å². The molecule has 0 aliphatic heterocycles. The van der Waals surface area contributed by atoms with Gasteiger partial charge in [-0.1, -0.05) is 23.7 Å². The number of sulfonamides is 1. The fourth-order valence-electron chi connectivity index (χ4n) is 1.28. The number of carbonyl (C=O) groups is 1. The summed E-state index contributed by atoms with van der Waals surface area (Å²) in [5, 5.41) is 10.2. The smallest absolute Gasteiger partial charge is 0.322 e. The molecule has 0 saturated heterocycles. The van der Waals surface area contributed by atoms with Crippen molar-refractivity contribution in [2.45, 2.75) is 12.5 Å². The van der Waals surface area contributed by atoms with Crippen LogP contribution in [-0.2, 0) is 14.8 Å². The van der Waals surface area contributed by atoms with Gasteiger partial charge in [-0.2, -0.15) is 4.72 Å². The van der Waals surface area contributed by atoms with Crippen molar-refractivity contribution in [2.75, 3.05) is 0 Å². The van der Waals surface area contributed by atoms with E-state index in [0.717, 1.165) is 5.41 Å². The summed E-state index contributed by atoms with van der Waals surface area (Å²) in [6, 6.07) is 5.13. The molecule has 2 N–H and O–H groups in total. The molecule has 0 saturated carbocycles. The topological polar surface area (TPSA) is 83.5 Å². The van der Waals surface area contributed by atoms with Crippen molar-refractivity contribution in [3.05, 3.63) is 40.3 Å². The number of carboxylic acid groups (broad SMARTS) is 1. The van der Waals surface area contributed by atoms with Gasteiger partial charge in [-0.05, 0) is 23.8 Å². The lowest BCUT2D eigenvalue weighted by Crippen LogP contribution is -2.39. The van der Waals surface area contributed by atoms with Crippen molar-refractivity contribution in [2.24, 2.45) is 0 Å². The third kappa shape index (κ3) is 5.45. The Bertz CT molecular complexity index is 644. The third-order valence-corrected chi connectivity index (χ3v) is 3.60. The number of hydrogen-bond acceptors (Lipinski definition) is 3. The van der Waals surface area contributed by atoms with Gasteiger partial charge in [0.2, 0.25) is 10.0 Å². The van der Waals surface area contributed by atoms with E-state index in [1.807, 2.05) is 4.72 Å². The van der Waals surface area contributed by atoms with Crippen LogP contribution < -0.4 is 4.72 Å². The summed E-state index contributed by atoms with van der Waals surface area (Å²) in [5.41, 5.74) is 0.614. The zero-order valence-electron chi connectivity index (χ0n) is 10.3. The zero-order valence-corrected chi connectivity index (χ0v) is 11.9. The molecule has 0 spiro atoms. The highest BCUT2D eigenvalue weighted by atomic mass is 35.5. The molecule has 1 atom stereocenters. The highest BCUT2D eigenvalue weighted by Crippen LogP contribution is 2.11. The van der Waals surface area contributed by atoms with Crippen LogP contribution in [0.15, 0.2) is 29.7 Å². The molecule has 20 heavy (non-hydrogen) atoms. The molecular weight excluding hydrogens is 302 g/mol. The van der Waals surface area contributed by atoms with E-state index in [-0.39, 0.29) is 6.42 Å². The van der Waals surface area contributed by atoms with Crippen LogP contribution in [0, 0.1) is 12.3 Å². The van der Waals surface area contributed by atoms with Gasteiger partial charge < -0.3 is 5.11 Å². The molecule has 5 nitrogen and oxygen atoms in total. The van der Waals surface area contributed by atoms with Crippen LogP contribution in [0.25, 0.3) is 6.08 Å². The summed E-state index contributed by atoms with van der Waals surface area (Å²) in [4.78, 5) is 10.8. The summed E-state index contributed by atoms with van der Waals surface area (Å²) >= 11 is 5.70. The van der Waals surface area contributed by atoms with Crippen LogP contribution in [0.4, 0.5) is 0 Å². The van der Waals surface area contributed by atoms with Crippen molar-refractivity contribution in [3.63, 3.8) is 0 Å². The van der Waals surface area contributed by atoms with E-state index in [9.17, 15) is 13.2 Å². The summed E-state index contributed by atoms with van der Waals surface area (Å²) < 4.78 is 25.4. The van der Waals surface area contributed by atoms with Crippen molar-refractivity contribution < 1.29 is 18.3 Å². The van der Waals surface area contributed by atoms with E-state index < -0.39 is 22.0 Å². The minimum atomic E-state index is -3.90. The molecule has 1 rings (SSSR count). The number of hydrogen-bond donors (Lipinski definition) is 2. The van der Waals surface area contributed by atoms with Crippen LogP contribution >= 0.6 is 11.6 Å². The second-order valence-electron chi connectivity index (χ2n) is 3.82. The molecule has 7 heteroatoms. The van der Waals surface area contributed by atoms with Crippen LogP contribution in [0.5, 0.6) is 0 Å². The van der Waals surface area contributed by atoms with Gasteiger partial charge >= 0.3 is 5.97 Å². The van der Waals surface area contributed by atoms with Crippen LogP contribution in [-0.4, -0.2) is 25.5 Å². The molecule has 0 amide bonds. The van der Waals surface area contributed by atoms with Gasteiger partial charge in [0.1, 0.15) is 6.04 Å². The maximum Gasteiger partial charge on any atom is 0.322 e. The van der Waals surface area contributed by atoms with E-state index in [0.29, 0.717) is 10.6 Å². The molecule has 0 aliphatic rings. The average molecular weight is 314 g/mol. The lowest BCUT2D eigenvalue weighted by atomic mass is 10.2. The number of aliphatic carboxylic acids is 1. The number of carboxylic acids is 1. The minimum absolute atomic E-state index is 0.233. The molecule has 0 fully saturated rings. The van der Waals surface area contributed by atoms with Gasteiger partial charge in [0, 0.05) is 16.9 Å². The maximum atomic E-state index is 11.7. The Labute approximate surface area is 122 Å². The minimum Gasteiger partial charge on any atom is -0.480 e. The third-order valence-electron chi connectivity index (χ3n) is 2.24. The Morgan fingerprint density at radius 3 is 2.55 bits per heavy atom.